The van der Waals surface area contributed by atoms with Gasteiger partial charge in [0.2, 0.25) is 0 Å². The van der Waals surface area contributed by atoms with Gasteiger partial charge >= 0.3 is 6.18 Å². The minimum Gasteiger partial charge on any atom is -0.240 e. The van der Waals surface area contributed by atoms with E-state index in [9.17, 15) is 13.2 Å². The highest BCUT2D eigenvalue weighted by molar-refractivity contribution is 5.78. The molecule has 3 nitrogen and oxygen atoms in total. The van der Waals surface area contributed by atoms with Gasteiger partial charge in [-0.25, -0.2) is 4.68 Å². The predicted molar refractivity (Wildman–Crippen MR) is 101 cm³/mol. The second-order valence-corrected chi connectivity index (χ2v) is 6.37. The van der Waals surface area contributed by atoms with Crippen LogP contribution in [0.25, 0.3) is 22.5 Å². The van der Waals surface area contributed by atoms with E-state index in [4.69, 9.17) is 0 Å². The molecule has 0 aliphatic carbocycles. The van der Waals surface area contributed by atoms with E-state index >= 15 is 0 Å². The van der Waals surface area contributed by atoms with Crippen LogP contribution in [0.1, 0.15) is 11.1 Å². The van der Waals surface area contributed by atoms with E-state index in [0.29, 0.717) is 23.5 Å². The summed E-state index contributed by atoms with van der Waals surface area (Å²) in [4.78, 5) is 0. The van der Waals surface area contributed by atoms with Crippen LogP contribution in [0.2, 0.25) is 0 Å². The summed E-state index contributed by atoms with van der Waals surface area (Å²) in [6, 6.07) is 24.3. The van der Waals surface area contributed by atoms with Gasteiger partial charge < -0.3 is 0 Å². The normalized spacial score (nSPS) is 11.5. The number of aromatic nitrogens is 3. The Hall–Kier alpha value is -3.41. The van der Waals surface area contributed by atoms with E-state index in [0.717, 1.165) is 23.3 Å². The summed E-state index contributed by atoms with van der Waals surface area (Å²) in [7, 11) is 0. The first kappa shape index (κ1) is 18.0. The van der Waals surface area contributed by atoms with E-state index in [2.05, 4.69) is 10.3 Å². The molecule has 4 rings (SSSR count). The van der Waals surface area contributed by atoms with Crippen molar-refractivity contribution in [1.29, 1.82) is 0 Å². The molecule has 0 saturated heterocycles. The van der Waals surface area contributed by atoms with Gasteiger partial charge in [-0.1, -0.05) is 78.0 Å². The molecule has 0 aliphatic heterocycles. The number of hydrogen-bond acceptors (Lipinski definition) is 2. The van der Waals surface area contributed by atoms with Gasteiger partial charge in [-0.2, -0.15) is 13.2 Å². The van der Waals surface area contributed by atoms with Gasteiger partial charge in [0.05, 0.1) is 17.8 Å². The highest BCUT2D eigenvalue weighted by Gasteiger charge is 2.30. The van der Waals surface area contributed by atoms with Crippen molar-refractivity contribution in [2.45, 2.75) is 12.7 Å². The largest absolute Gasteiger partial charge is 0.416 e. The molecule has 140 valence electrons. The third kappa shape index (κ3) is 3.67. The van der Waals surface area contributed by atoms with E-state index in [1.54, 1.807) is 4.68 Å². The van der Waals surface area contributed by atoms with Crippen molar-refractivity contribution in [3.63, 3.8) is 0 Å². The number of halogens is 3. The average molecular weight is 379 g/mol. The summed E-state index contributed by atoms with van der Waals surface area (Å²) in [5.74, 6) is 0. The van der Waals surface area contributed by atoms with Crippen LogP contribution in [0.4, 0.5) is 13.2 Å². The molecule has 0 amide bonds. The average Bonchev–Trinajstić information content (AvgIpc) is 3.12. The van der Waals surface area contributed by atoms with E-state index in [1.807, 2.05) is 60.7 Å². The van der Waals surface area contributed by atoms with E-state index in [-0.39, 0.29) is 0 Å². The maximum Gasteiger partial charge on any atom is 0.416 e. The Kier molecular flexibility index (Phi) is 4.69. The standard InChI is InChI=1S/C22H16F3N3/c23-22(24,25)19-13-11-18(12-14-19)21-20(17-9-5-2-6-10-17)26-27-28(21)15-16-7-3-1-4-8-16/h1-14H,15H2. The summed E-state index contributed by atoms with van der Waals surface area (Å²) in [5, 5.41) is 8.60. The molecule has 3 aromatic carbocycles. The van der Waals surface area contributed by atoms with E-state index < -0.39 is 11.7 Å². The Balaban J connectivity index is 1.82. The number of hydrogen-bond donors (Lipinski definition) is 0. The summed E-state index contributed by atoms with van der Waals surface area (Å²) in [6.45, 7) is 0.469. The van der Waals surface area contributed by atoms with Crippen molar-refractivity contribution in [3.05, 3.63) is 96.1 Å². The van der Waals surface area contributed by atoms with Crippen molar-refractivity contribution >= 4 is 0 Å². The first-order valence-electron chi connectivity index (χ1n) is 8.73. The fourth-order valence-corrected chi connectivity index (χ4v) is 3.07. The molecule has 6 heteroatoms. The molecule has 1 heterocycles. The molecule has 0 spiro atoms. The van der Waals surface area contributed by atoms with Crippen LogP contribution in [0, 0.1) is 0 Å². The first-order valence-corrected chi connectivity index (χ1v) is 8.73. The SMILES string of the molecule is FC(F)(F)c1ccc(-c2c(-c3ccccc3)nnn2Cc2ccccc2)cc1. The van der Waals surface area contributed by atoms with Gasteiger partial charge in [-0.05, 0) is 17.7 Å². The lowest BCUT2D eigenvalue weighted by molar-refractivity contribution is -0.137. The summed E-state index contributed by atoms with van der Waals surface area (Å²) in [5.41, 5.74) is 3.16. The monoisotopic (exact) mass is 379 g/mol. The molecule has 4 aromatic rings. The first-order chi connectivity index (χ1) is 13.5. The Morgan fingerprint density at radius 2 is 1.32 bits per heavy atom. The van der Waals surface area contributed by atoms with Crippen LogP contribution < -0.4 is 0 Å². The smallest absolute Gasteiger partial charge is 0.240 e. The lowest BCUT2D eigenvalue weighted by Gasteiger charge is -2.11. The molecule has 0 N–H and O–H groups in total. The van der Waals surface area contributed by atoms with Gasteiger partial charge in [-0.15, -0.1) is 5.10 Å². The number of rotatable bonds is 4. The Bertz CT molecular complexity index is 1050. The van der Waals surface area contributed by atoms with Gasteiger partial charge in [0.25, 0.3) is 0 Å². The molecule has 0 aliphatic rings. The predicted octanol–water partition coefficient (Wildman–Crippen LogP) is 5.68. The third-order valence-electron chi connectivity index (χ3n) is 4.44. The van der Waals surface area contributed by atoms with Crippen molar-refractivity contribution in [1.82, 2.24) is 15.0 Å². The molecular weight excluding hydrogens is 363 g/mol. The van der Waals surface area contributed by atoms with E-state index in [1.165, 1.54) is 12.1 Å². The molecule has 1 aromatic heterocycles. The molecule has 0 saturated carbocycles. The van der Waals surface area contributed by atoms with Gasteiger partial charge in [0, 0.05) is 11.1 Å². The Morgan fingerprint density at radius 1 is 0.714 bits per heavy atom. The minimum absolute atomic E-state index is 0.469. The quantitative estimate of drug-likeness (QED) is 0.457. The third-order valence-corrected chi connectivity index (χ3v) is 4.44. The summed E-state index contributed by atoms with van der Waals surface area (Å²) >= 11 is 0. The van der Waals surface area contributed by atoms with Crippen molar-refractivity contribution in [2.75, 3.05) is 0 Å². The zero-order chi connectivity index (χ0) is 19.6. The molecule has 0 radical (unpaired) electrons. The summed E-state index contributed by atoms with van der Waals surface area (Å²) < 4.78 is 40.6. The lowest BCUT2D eigenvalue weighted by atomic mass is 10.0. The topological polar surface area (TPSA) is 30.7 Å². The van der Waals surface area contributed by atoms with Crippen molar-refractivity contribution in [2.24, 2.45) is 0 Å². The Labute approximate surface area is 160 Å². The second kappa shape index (κ2) is 7.31. The van der Waals surface area contributed by atoms with Gasteiger partial charge in [0.15, 0.2) is 0 Å². The van der Waals surface area contributed by atoms with Crippen LogP contribution in [-0.2, 0) is 12.7 Å². The molecule has 0 bridgehead atoms. The highest BCUT2D eigenvalue weighted by atomic mass is 19.4. The fraction of sp³-hybridized carbons (Fsp3) is 0.0909. The van der Waals surface area contributed by atoms with Crippen molar-refractivity contribution < 1.29 is 13.2 Å². The van der Waals surface area contributed by atoms with Crippen LogP contribution in [-0.4, -0.2) is 15.0 Å². The Morgan fingerprint density at radius 3 is 1.93 bits per heavy atom. The number of nitrogens with zero attached hydrogens (tertiary/aromatic N) is 3. The second-order valence-electron chi connectivity index (χ2n) is 6.37. The van der Waals surface area contributed by atoms with Gasteiger partial charge in [0.1, 0.15) is 5.69 Å². The zero-order valence-corrected chi connectivity index (χ0v) is 14.8. The number of alkyl halides is 3. The van der Waals surface area contributed by atoms with Gasteiger partial charge in [-0.3, -0.25) is 0 Å². The highest BCUT2D eigenvalue weighted by Crippen LogP contribution is 2.34. The van der Waals surface area contributed by atoms with Crippen LogP contribution in [0.15, 0.2) is 84.9 Å². The lowest BCUT2D eigenvalue weighted by Crippen LogP contribution is -2.06. The zero-order valence-electron chi connectivity index (χ0n) is 14.8. The van der Waals surface area contributed by atoms with Crippen molar-refractivity contribution in [3.8, 4) is 22.5 Å². The molecule has 0 unspecified atom stereocenters. The molecular formula is C22H16F3N3. The molecule has 0 atom stereocenters. The van der Waals surface area contributed by atoms with Crippen LogP contribution in [0.5, 0.6) is 0 Å². The van der Waals surface area contributed by atoms with Crippen LogP contribution >= 0.6 is 0 Å². The molecule has 28 heavy (non-hydrogen) atoms. The maximum absolute atomic E-state index is 12.9. The molecule has 0 fully saturated rings. The summed E-state index contributed by atoms with van der Waals surface area (Å²) in [6.07, 6.45) is -4.37. The maximum atomic E-state index is 12.9. The number of benzene rings is 3. The minimum atomic E-state index is -4.37. The fourth-order valence-electron chi connectivity index (χ4n) is 3.07. The van der Waals surface area contributed by atoms with Crippen LogP contribution in [0.3, 0.4) is 0 Å².